The van der Waals surface area contributed by atoms with E-state index in [1.54, 1.807) is 123 Å². The number of thioether (sulfide) groups is 6. The number of carbonyl (C=O) groups is 3. The first-order valence-corrected chi connectivity index (χ1v) is 34.5. The lowest BCUT2D eigenvalue weighted by Gasteiger charge is -2.32. The molecule has 0 atom stereocenters. The van der Waals surface area contributed by atoms with E-state index in [4.69, 9.17) is 14.2 Å². The summed E-state index contributed by atoms with van der Waals surface area (Å²) in [5.74, 6) is -0.339. The molecule has 0 heterocycles. The number of carbonyl (C=O) groups excluding carboxylic acids is 3. The number of hydrogen-bond acceptors (Lipinski definition) is 15. The van der Waals surface area contributed by atoms with E-state index in [9.17, 15) is 14.4 Å². The third-order valence-electron chi connectivity index (χ3n) is 12.5. The second-order valence-electron chi connectivity index (χ2n) is 18.0. The summed E-state index contributed by atoms with van der Waals surface area (Å²) in [5.41, 5.74) is 1.90. The smallest absolute Gasteiger partial charge is 0.336 e. The molecule has 0 aliphatic carbocycles. The van der Waals surface area contributed by atoms with Crippen molar-refractivity contribution in [1.82, 2.24) is 0 Å². The van der Waals surface area contributed by atoms with Crippen LogP contribution < -0.4 is 14.2 Å². The van der Waals surface area contributed by atoms with Crippen molar-refractivity contribution in [3.05, 3.63) is 270 Å². The van der Waals surface area contributed by atoms with Gasteiger partial charge in [-0.1, -0.05) is 107 Å². The van der Waals surface area contributed by atoms with Gasteiger partial charge in [0.1, 0.15) is 17.2 Å². The number of esters is 3. The van der Waals surface area contributed by atoms with Crippen LogP contribution in [-0.4, -0.2) is 36.7 Å². The predicted molar refractivity (Wildman–Crippen MR) is 353 cm³/mol. The number of ether oxygens (including phenoxy) is 3. The van der Waals surface area contributed by atoms with Gasteiger partial charge < -0.3 is 14.2 Å². The van der Waals surface area contributed by atoms with Gasteiger partial charge in [-0.15, -0.1) is 35.3 Å². The molecule has 0 radical (unpaired) electrons. The Hall–Kier alpha value is -6.24. The van der Waals surface area contributed by atoms with Crippen LogP contribution in [0.3, 0.4) is 0 Å². The Morgan fingerprint density at radius 1 is 0.289 bits per heavy atom. The summed E-state index contributed by atoms with van der Waals surface area (Å²) >= 11 is 14.6. The lowest BCUT2D eigenvalue weighted by atomic mass is 9.71. The zero-order chi connectivity index (χ0) is 57.8. The summed E-state index contributed by atoms with van der Waals surface area (Å²) in [7, 11) is 0. The summed E-state index contributed by atoms with van der Waals surface area (Å²) in [6.07, 6.45) is 10.5. The van der Waals surface area contributed by atoms with Crippen molar-refractivity contribution >= 4 is 124 Å². The van der Waals surface area contributed by atoms with E-state index in [2.05, 4.69) is 135 Å². The van der Waals surface area contributed by atoms with E-state index in [-0.39, 0.29) is 0 Å². The first-order chi connectivity index (χ1) is 40.5. The van der Waals surface area contributed by atoms with Gasteiger partial charge in [0.25, 0.3) is 0 Å². The largest absolute Gasteiger partial charge is 0.423 e. The summed E-state index contributed by atoms with van der Waals surface area (Å²) in [5, 5.41) is 5.18. The van der Waals surface area contributed by atoms with Crippen LogP contribution >= 0.6 is 106 Å². The van der Waals surface area contributed by atoms with Crippen molar-refractivity contribution in [2.45, 2.75) is 71.1 Å². The van der Waals surface area contributed by atoms with E-state index in [0.717, 1.165) is 46.1 Å². The second kappa shape index (κ2) is 31.1. The fourth-order valence-electron chi connectivity index (χ4n) is 8.12. The van der Waals surface area contributed by atoms with Crippen LogP contribution in [0.5, 0.6) is 17.2 Å². The molecule has 0 aromatic heterocycles. The van der Waals surface area contributed by atoms with Gasteiger partial charge >= 0.3 is 17.9 Å². The highest BCUT2D eigenvalue weighted by atomic mass is 32.2. The molecule has 416 valence electrons. The number of benzene rings is 9. The fraction of sp³-hybridized carbons (Fsp3) is 0.0735. The maximum Gasteiger partial charge on any atom is 0.336 e. The number of hydrogen-bond donors (Lipinski definition) is 0. The van der Waals surface area contributed by atoms with Gasteiger partial charge in [0, 0.05) is 82.4 Å². The van der Waals surface area contributed by atoms with Gasteiger partial charge in [-0.2, -0.15) is 0 Å². The van der Waals surface area contributed by atoms with Crippen LogP contribution in [0.2, 0.25) is 0 Å². The third kappa shape index (κ3) is 18.4. The number of rotatable bonds is 24. The minimum atomic E-state index is -0.774. The van der Waals surface area contributed by atoms with Gasteiger partial charge in [-0.3, -0.25) is 0 Å². The molecule has 15 heteroatoms. The van der Waals surface area contributed by atoms with Crippen molar-refractivity contribution in [2.24, 2.45) is 0 Å². The summed E-state index contributed by atoms with van der Waals surface area (Å²) < 4.78 is 17.2. The summed E-state index contributed by atoms with van der Waals surface area (Å²) in [4.78, 5) is 52.7. The Balaban J connectivity index is 0.832. The Kier molecular flexibility index (Phi) is 22.9. The molecule has 0 saturated heterocycles. The van der Waals surface area contributed by atoms with Crippen LogP contribution in [0.15, 0.2) is 312 Å². The molecule has 6 nitrogen and oxygen atoms in total. The molecular formula is C68H54O6S9. The predicted octanol–water partition coefficient (Wildman–Crippen LogP) is 20.3. The highest BCUT2D eigenvalue weighted by Crippen LogP contribution is 2.41. The van der Waals surface area contributed by atoms with E-state index in [1.165, 1.54) is 82.9 Å². The maximum absolute atomic E-state index is 13.0. The van der Waals surface area contributed by atoms with Crippen LogP contribution in [0.4, 0.5) is 0 Å². The molecule has 0 N–H and O–H groups in total. The Morgan fingerprint density at radius 3 is 0.687 bits per heavy atom. The van der Waals surface area contributed by atoms with Crippen molar-refractivity contribution in [3.8, 4) is 17.2 Å². The van der Waals surface area contributed by atoms with Crippen molar-refractivity contribution in [3.63, 3.8) is 0 Å². The zero-order valence-electron chi connectivity index (χ0n) is 45.4. The molecule has 0 aliphatic rings. The minimum Gasteiger partial charge on any atom is -0.423 e. The lowest BCUT2D eigenvalue weighted by Crippen LogP contribution is -2.25. The summed E-state index contributed by atoms with van der Waals surface area (Å²) in [6.45, 7) is 2.09. The highest BCUT2D eigenvalue weighted by molar-refractivity contribution is 8.03. The summed E-state index contributed by atoms with van der Waals surface area (Å²) in [6, 6.07) is 72.4. The molecule has 83 heavy (non-hydrogen) atoms. The maximum atomic E-state index is 13.0. The first kappa shape index (κ1) is 61.3. The average Bonchev–Trinajstić information content (AvgIpc) is 3.64. The van der Waals surface area contributed by atoms with Crippen molar-refractivity contribution in [1.29, 1.82) is 0 Å². The van der Waals surface area contributed by atoms with Crippen LogP contribution in [0, 0.1) is 0 Å². The van der Waals surface area contributed by atoms with Gasteiger partial charge in [0.15, 0.2) is 0 Å². The van der Waals surface area contributed by atoms with E-state index >= 15 is 0 Å². The Bertz CT molecular complexity index is 3280. The van der Waals surface area contributed by atoms with Crippen molar-refractivity contribution < 1.29 is 28.6 Å². The molecule has 0 unspecified atom stereocenters. The van der Waals surface area contributed by atoms with Crippen LogP contribution in [0.1, 0.15) is 23.6 Å². The topological polar surface area (TPSA) is 78.9 Å². The molecule has 0 amide bonds. The van der Waals surface area contributed by atoms with Gasteiger partial charge in [-0.05, 0) is 241 Å². The Morgan fingerprint density at radius 2 is 0.482 bits per heavy atom. The van der Waals surface area contributed by atoms with Gasteiger partial charge in [-0.25, -0.2) is 14.4 Å². The molecule has 9 aromatic rings. The molecule has 0 bridgehead atoms. The third-order valence-corrected chi connectivity index (χ3v) is 20.3. The van der Waals surface area contributed by atoms with Gasteiger partial charge in [0.2, 0.25) is 0 Å². The zero-order valence-corrected chi connectivity index (χ0v) is 52.7. The van der Waals surface area contributed by atoms with Gasteiger partial charge in [0.05, 0.1) is 0 Å². The molecular weight excluding hydrogens is 1200 g/mol. The van der Waals surface area contributed by atoms with Crippen molar-refractivity contribution in [2.75, 3.05) is 18.8 Å². The SMILES string of the molecule is CSc1ccc(Sc2ccc(S/C=C/C(=O)Oc3ccc(C(C)(c4ccc(OC(=O)/C=C/Sc5ccc(Sc6ccc(SC)cc6)cc5)cc4)c4ccc(OC(=O)/C=C/Sc5ccc(Sc6ccc(SC)cc6)cc5)cc4)cc3)cc2)cc1. The molecule has 0 saturated carbocycles. The average molecular weight is 1260 g/mol. The molecule has 9 rings (SSSR count). The van der Waals surface area contributed by atoms with Crippen LogP contribution in [-0.2, 0) is 19.8 Å². The second-order valence-corrected chi connectivity index (χ2v) is 27.0. The molecule has 0 spiro atoms. The Labute approximate surface area is 524 Å². The molecule has 9 aromatic carbocycles. The molecule has 0 aliphatic heterocycles. The molecule has 0 fully saturated rings. The highest BCUT2D eigenvalue weighted by Gasteiger charge is 2.32. The standard InChI is InChI=1S/C68H54O6S9/c1-68(47-5-11-50(12-6-47)72-65(69)41-44-78-56-23-35-62(36-24-56)81-59-29-17-53(75-2)18-30-59,48-7-13-51(14-8-48)73-66(70)42-45-79-57-25-37-63(38-26-57)82-60-31-19-54(76-3)20-32-60)49-9-15-52(16-10-49)74-67(71)43-46-80-58-27-39-64(40-28-58)83-61-33-21-55(77-4)22-34-61/h5-46H,1-4H3/b44-41+,45-42+,46-43+. The quantitative estimate of drug-likeness (QED) is 0.0189. The van der Waals surface area contributed by atoms with E-state index in [0.29, 0.717) is 17.2 Å². The lowest BCUT2D eigenvalue weighted by molar-refractivity contribution is -0.129. The first-order valence-electron chi connectivity index (χ1n) is 25.7. The van der Waals surface area contributed by atoms with Crippen LogP contribution in [0.25, 0.3) is 0 Å². The monoisotopic (exact) mass is 1250 g/mol. The minimum absolute atomic E-state index is 0.386. The fourth-order valence-corrected chi connectivity index (χ4v) is 13.7. The van der Waals surface area contributed by atoms with E-state index < -0.39 is 23.3 Å². The van der Waals surface area contributed by atoms with E-state index in [1.807, 2.05) is 72.8 Å². The normalized spacial score (nSPS) is 11.6.